The van der Waals surface area contributed by atoms with E-state index in [-0.39, 0.29) is 0 Å². The third-order valence-electron chi connectivity index (χ3n) is 3.57. The summed E-state index contributed by atoms with van der Waals surface area (Å²) in [7, 11) is 3.70. The number of para-hydroxylation sites is 1. The first-order valence-corrected chi connectivity index (χ1v) is 7.99. The van der Waals surface area contributed by atoms with E-state index in [1.807, 2.05) is 43.5 Å². The summed E-state index contributed by atoms with van der Waals surface area (Å²) in [4.78, 5) is 6.74. The Morgan fingerprint density at radius 1 is 1.33 bits per heavy atom. The second-order valence-electron chi connectivity index (χ2n) is 5.37. The van der Waals surface area contributed by atoms with Gasteiger partial charge in [0.1, 0.15) is 11.5 Å². The molecule has 0 spiro atoms. The number of furan rings is 1. The van der Waals surface area contributed by atoms with Crippen LogP contribution in [0.25, 0.3) is 0 Å². The second kappa shape index (κ2) is 9.45. The summed E-state index contributed by atoms with van der Waals surface area (Å²) in [5, 5.41) is 3.29. The first-order chi connectivity index (χ1) is 11.7. The number of rotatable bonds is 8. The molecule has 0 aliphatic rings. The maximum atomic E-state index is 5.42. The highest BCUT2D eigenvalue weighted by Crippen LogP contribution is 2.18. The van der Waals surface area contributed by atoms with E-state index in [0.29, 0.717) is 19.6 Å². The molecule has 2 aromatic rings. The van der Waals surface area contributed by atoms with Gasteiger partial charge in [-0.25, -0.2) is 0 Å². The monoisotopic (exact) mass is 327 g/mol. The van der Waals surface area contributed by atoms with Crippen molar-refractivity contribution >= 4 is 5.96 Å². The van der Waals surface area contributed by atoms with Gasteiger partial charge in [0.15, 0.2) is 5.96 Å². The van der Waals surface area contributed by atoms with E-state index in [9.17, 15) is 0 Å². The molecule has 5 nitrogen and oxygen atoms in total. The maximum Gasteiger partial charge on any atom is 0.194 e. The molecule has 1 heterocycles. The van der Waals surface area contributed by atoms with E-state index in [2.05, 4.69) is 27.9 Å². The van der Waals surface area contributed by atoms with Crippen LogP contribution in [0.3, 0.4) is 0 Å². The molecule has 128 valence electrons. The molecule has 24 heavy (non-hydrogen) atoms. The number of nitrogens with zero attached hydrogens (tertiary/aromatic N) is 2. The van der Waals surface area contributed by atoms with Gasteiger partial charge in [0.05, 0.1) is 13.4 Å². The minimum atomic E-state index is 0.656. The fourth-order valence-electron chi connectivity index (χ4n) is 2.37. The first kappa shape index (κ1) is 17.7. The van der Waals surface area contributed by atoms with Gasteiger partial charge < -0.3 is 19.4 Å². The van der Waals surface area contributed by atoms with Gasteiger partial charge in [-0.05, 0) is 18.2 Å². The van der Waals surface area contributed by atoms with Gasteiger partial charge in [-0.3, -0.25) is 4.99 Å². The minimum absolute atomic E-state index is 0.656. The number of benzene rings is 1. The molecular formula is C19H25N3O2. The lowest BCUT2D eigenvalue weighted by Crippen LogP contribution is -2.38. The Hall–Kier alpha value is -2.69. The summed E-state index contributed by atoms with van der Waals surface area (Å²) >= 11 is 0. The number of guanidine groups is 1. The van der Waals surface area contributed by atoms with Gasteiger partial charge in [-0.1, -0.05) is 24.3 Å². The number of ether oxygens (including phenoxy) is 1. The van der Waals surface area contributed by atoms with Gasteiger partial charge in [0.2, 0.25) is 0 Å². The van der Waals surface area contributed by atoms with Crippen LogP contribution in [0.4, 0.5) is 0 Å². The fraction of sp³-hybridized carbons (Fsp3) is 0.316. The van der Waals surface area contributed by atoms with Crippen molar-refractivity contribution in [1.29, 1.82) is 0 Å². The summed E-state index contributed by atoms with van der Waals surface area (Å²) in [5.41, 5.74) is 1.11. The largest absolute Gasteiger partial charge is 0.496 e. The lowest BCUT2D eigenvalue weighted by atomic mass is 10.2. The van der Waals surface area contributed by atoms with Gasteiger partial charge in [0.25, 0.3) is 0 Å². The smallest absolute Gasteiger partial charge is 0.194 e. The average molecular weight is 327 g/mol. The molecule has 0 aliphatic carbocycles. The summed E-state index contributed by atoms with van der Waals surface area (Å²) in [6, 6.07) is 11.9. The van der Waals surface area contributed by atoms with Crippen LogP contribution < -0.4 is 10.1 Å². The van der Waals surface area contributed by atoms with Crippen molar-refractivity contribution in [1.82, 2.24) is 10.2 Å². The lowest BCUT2D eigenvalue weighted by Gasteiger charge is -2.23. The Balaban J connectivity index is 2.03. The van der Waals surface area contributed by atoms with E-state index in [1.54, 1.807) is 13.4 Å². The van der Waals surface area contributed by atoms with E-state index >= 15 is 0 Å². The van der Waals surface area contributed by atoms with E-state index in [0.717, 1.165) is 29.5 Å². The molecule has 0 radical (unpaired) electrons. The van der Waals surface area contributed by atoms with Crippen molar-refractivity contribution < 1.29 is 9.15 Å². The predicted molar refractivity (Wildman–Crippen MR) is 97.4 cm³/mol. The number of hydrogen-bond donors (Lipinski definition) is 1. The van der Waals surface area contributed by atoms with Gasteiger partial charge >= 0.3 is 0 Å². The highest BCUT2D eigenvalue weighted by atomic mass is 16.5. The summed E-state index contributed by atoms with van der Waals surface area (Å²) < 4.78 is 10.8. The van der Waals surface area contributed by atoms with Crippen LogP contribution >= 0.6 is 0 Å². The lowest BCUT2D eigenvalue weighted by molar-refractivity contribution is 0.396. The van der Waals surface area contributed by atoms with Gasteiger partial charge in [-0.2, -0.15) is 0 Å². The maximum absolute atomic E-state index is 5.42. The molecule has 1 aromatic heterocycles. The molecule has 0 amide bonds. The van der Waals surface area contributed by atoms with Crippen LogP contribution in [-0.4, -0.2) is 38.1 Å². The summed E-state index contributed by atoms with van der Waals surface area (Å²) in [6.07, 6.45) is 4.28. The molecule has 0 fully saturated rings. The molecule has 2 rings (SSSR count). The van der Waals surface area contributed by atoms with Crippen molar-refractivity contribution in [2.45, 2.75) is 13.0 Å². The summed E-state index contributed by atoms with van der Waals surface area (Å²) in [5.74, 6) is 2.64. The van der Waals surface area contributed by atoms with E-state index < -0.39 is 0 Å². The van der Waals surface area contributed by atoms with Crippen LogP contribution in [-0.2, 0) is 13.0 Å². The average Bonchev–Trinajstić information content (AvgIpc) is 3.11. The van der Waals surface area contributed by atoms with Crippen molar-refractivity contribution in [3.63, 3.8) is 0 Å². The number of methoxy groups -OCH3 is 1. The Morgan fingerprint density at radius 3 is 2.88 bits per heavy atom. The molecule has 1 N–H and O–H groups in total. The third-order valence-corrected chi connectivity index (χ3v) is 3.57. The van der Waals surface area contributed by atoms with Crippen LogP contribution in [0, 0.1) is 0 Å². The van der Waals surface area contributed by atoms with Crippen LogP contribution in [0.2, 0.25) is 0 Å². The highest BCUT2D eigenvalue weighted by Gasteiger charge is 2.10. The Morgan fingerprint density at radius 2 is 2.17 bits per heavy atom. The van der Waals surface area contributed by atoms with Crippen molar-refractivity contribution in [3.8, 4) is 5.75 Å². The standard InChI is InChI=1S/C19H25N3O2/c1-4-12-20-19(21-13-11-17-9-7-14-24-17)22(2)15-16-8-5-6-10-18(16)23-3/h4-10,14H,1,11-13,15H2,2-3H3,(H,20,21). The van der Waals surface area contributed by atoms with E-state index in [4.69, 9.17) is 9.15 Å². The van der Waals surface area contributed by atoms with Crippen molar-refractivity contribution in [2.24, 2.45) is 4.99 Å². The summed E-state index contributed by atoms with van der Waals surface area (Å²) in [6.45, 7) is 5.77. The molecule has 1 aromatic carbocycles. The second-order valence-corrected chi connectivity index (χ2v) is 5.37. The zero-order valence-electron chi connectivity index (χ0n) is 14.4. The molecule has 5 heteroatoms. The van der Waals surface area contributed by atoms with Crippen molar-refractivity contribution in [2.75, 3.05) is 27.2 Å². The molecule has 0 atom stereocenters. The molecular weight excluding hydrogens is 302 g/mol. The molecule has 0 saturated carbocycles. The van der Waals surface area contributed by atoms with E-state index in [1.165, 1.54) is 0 Å². The number of nitrogens with one attached hydrogen (secondary N) is 1. The number of hydrogen-bond acceptors (Lipinski definition) is 3. The third kappa shape index (κ3) is 5.19. The zero-order valence-corrected chi connectivity index (χ0v) is 14.4. The van der Waals surface area contributed by atoms with Gasteiger partial charge in [0, 0.05) is 38.7 Å². The van der Waals surface area contributed by atoms with Crippen LogP contribution in [0.5, 0.6) is 5.75 Å². The Kier molecular flexibility index (Phi) is 6.95. The van der Waals surface area contributed by atoms with Crippen molar-refractivity contribution in [3.05, 3.63) is 66.6 Å². The minimum Gasteiger partial charge on any atom is -0.496 e. The zero-order chi connectivity index (χ0) is 17.2. The quantitative estimate of drug-likeness (QED) is 0.460. The van der Waals surface area contributed by atoms with Crippen LogP contribution in [0.1, 0.15) is 11.3 Å². The molecule has 0 aliphatic heterocycles. The molecule has 0 bridgehead atoms. The fourth-order valence-corrected chi connectivity index (χ4v) is 2.37. The topological polar surface area (TPSA) is 50.0 Å². The highest BCUT2D eigenvalue weighted by molar-refractivity contribution is 5.80. The Bertz CT molecular complexity index is 650. The SMILES string of the molecule is C=CCNC(=NCCc1ccco1)N(C)Cc1ccccc1OC. The van der Waals surface area contributed by atoms with Gasteiger partial charge in [-0.15, -0.1) is 6.58 Å². The number of aliphatic imine (C=N–C) groups is 1. The molecule has 0 saturated heterocycles. The predicted octanol–water partition coefficient (Wildman–Crippen LogP) is 3.09. The Labute approximate surface area is 143 Å². The molecule has 0 unspecified atom stereocenters. The normalized spacial score (nSPS) is 11.2. The first-order valence-electron chi connectivity index (χ1n) is 7.99. The van der Waals surface area contributed by atoms with Crippen LogP contribution in [0.15, 0.2) is 64.7 Å².